The Morgan fingerprint density at radius 1 is 1.24 bits per heavy atom. The van der Waals surface area contributed by atoms with Crippen molar-refractivity contribution in [3.8, 4) is 12.3 Å². The number of hydrogen-bond acceptors (Lipinski definition) is 5. The minimum absolute atomic E-state index is 0.251. The molecular weight excluding hydrogens is 426 g/mol. The van der Waals surface area contributed by atoms with Crippen LogP contribution in [-0.4, -0.2) is 35.8 Å². The zero-order valence-corrected chi connectivity index (χ0v) is 18.0. The lowest BCUT2D eigenvalue weighted by Gasteiger charge is -2.31. The average molecular weight is 446 g/mol. The van der Waals surface area contributed by atoms with Gasteiger partial charge in [-0.1, -0.05) is 41.9 Å². The van der Waals surface area contributed by atoms with Gasteiger partial charge in [0, 0.05) is 6.54 Å². The molecule has 0 N–H and O–H groups in total. The van der Waals surface area contributed by atoms with Gasteiger partial charge < -0.3 is 4.57 Å². The number of para-hydroxylation sites is 1. The molecule has 1 atom stereocenters. The minimum Gasteiger partial charge on any atom is -0.305 e. The van der Waals surface area contributed by atoms with Crippen molar-refractivity contribution in [2.24, 2.45) is 4.99 Å². The molecule has 2 aromatic heterocycles. The molecule has 9 heteroatoms. The number of fused-ring (bicyclic) bond motifs is 1. The molecule has 3 aromatic rings. The van der Waals surface area contributed by atoms with Gasteiger partial charge in [-0.3, -0.25) is 4.79 Å². The van der Waals surface area contributed by atoms with E-state index < -0.39 is 22.0 Å². The quantitative estimate of drug-likeness (QED) is 0.580. The summed E-state index contributed by atoms with van der Waals surface area (Å²) in [7, 11) is -3.71. The lowest BCUT2D eigenvalue weighted by Crippen LogP contribution is -2.47. The van der Waals surface area contributed by atoms with Gasteiger partial charge in [-0.15, -0.1) is 17.8 Å². The van der Waals surface area contributed by atoms with Crippen molar-refractivity contribution in [2.75, 3.05) is 6.54 Å². The third kappa shape index (κ3) is 3.81. The number of carbonyl (C=O) groups is 1. The fourth-order valence-electron chi connectivity index (χ4n) is 3.48. The maximum Gasteiger partial charge on any atom is 0.266 e. The topological polar surface area (TPSA) is 71.7 Å². The van der Waals surface area contributed by atoms with Crippen LogP contribution >= 0.6 is 22.7 Å². The van der Waals surface area contributed by atoms with Crippen LogP contribution in [0.4, 0.5) is 0 Å². The first-order valence-electron chi connectivity index (χ1n) is 9.18. The Kier molecular flexibility index (Phi) is 5.69. The summed E-state index contributed by atoms with van der Waals surface area (Å²) in [4.78, 5) is 17.9. The highest BCUT2D eigenvalue weighted by Gasteiger charge is 2.38. The van der Waals surface area contributed by atoms with Crippen LogP contribution in [0.2, 0.25) is 0 Å². The summed E-state index contributed by atoms with van der Waals surface area (Å²) in [5, 5.41) is 1.72. The van der Waals surface area contributed by atoms with Gasteiger partial charge in [0.2, 0.25) is 0 Å². The Morgan fingerprint density at radius 2 is 2.07 bits per heavy atom. The monoisotopic (exact) mass is 445 g/mol. The van der Waals surface area contributed by atoms with E-state index in [1.165, 1.54) is 15.6 Å². The number of sulfonamides is 1. The maximum absolute atomic E-state index is 13.1. The normalized spacial score (nSPS) is 18.7. The molecule has 0 radical (unpaired) electrons. The molecule has 1 aromatic carbocycles. The molecule has 1 saturated heterocycles. The predicted molar refractivity (Wildman–Crippen MR) is 115 cm³/mol. The Morgan fingerprint density at radius 3 is 2.83 bits per heavy atom. The number of carbonyl (C=O) groups excluding carboxylic acids is 1. The van der Waals surface area contributed by atoms with Crippen LogP contribution in [0.5, 0.6) is 0 Å². The highest BCUT2D eigenvalue weighted by molar-refractivity contribution is 7.91. The summed E-state index contributed by atoms with van der Waals surface area (Å²) < 4.78 is 30.4. The van der Waals surface area contributed by atoms with Crippen molar-refractivity contribution in [1.29, 1.82) is 0 Å². The Balaban J connectivity index is 1.74. The van der Waals surface area contributed by atoms with Crippen LogP contribution in [0.1, 0.15) is 19.3 Å². The highest BCUT2D eigenvalue weighted by Crippen LogP contribution is 2.28. The van der Waals surface area contributed by atoms with E-state index in [1.54, 1.807) is 17.5 Å². The second-order valence-electron chi connectivity index (χ2n) is 6.65. The van der Waals surface area contributed by atoms with Crippen molar-refractivity contribution in [1.82, 2.24) is 8.87 Å². The molecule has 1 unspecified atom stereocenters. The first kappa shape index (κ1) is 20.0. The zero-order valence-electron chi connectivity index (χ0n) is 15.5. The largest absolute Gasteiger partial charge is 0.305 e. The SMILES string of the molecule is C#CCn1c(=NC(=O)C2CCCCN2S(=O)(=O)c2cccs2)sc2ccccc21. The van der Waals surface area contributed by atoms with Crippen LogP contribution in [0.3, 0.4) is 0 Å². The lowest BCUT2D eigenvalue weighted by atomic mass is 10.0. The lowest BCUT2D eigenvalue weighted by molar-refractivity contribution is -0.122. The van der Waals surface area contributed by atoms with Gasteiger partial charge in [0.1, 0.15) is 10.3 Å². The van der Waals surface area contributed by atoms with E-state index in [-0.39, 0.29) is 10.8 Å². The summed E-state index contributed by atoms with van der Waals surface area (Å²) in [6.45, 7) is 0.612. The molecule has 150 valence electrons. The van der Waals surface area contributed by atoms with Gasteiger partial charge >= 0.3 is 0 Å². The molecular formula is C20H19N3O3S3. The van der Waals surface area contributed by atoms with E-state index >= 15 is 0 Å². The zero-order chi connectivity index (χ0) is 20.4. The number of hydrogen-bond donors (Lipinski definition) is 0. The molecule has 0 spiro atoms. The fraction of sp³-hybridized carbons (Fsp3) is 0.300. The maximum atomic E-state index is 13.1. The smallest absolute Gasteiger partial charge is 0.266 e. The van der Waals surface area contributed by atoms with E-state index in [0.29, 0.717) is 17.8 Å². The molecule has 29 heavy (non-hydrogen) atoms. The van der Waals surface area contributed by atoms with Crippen LogP contribution in [0, 0.1) is 12.3 Å². The van der Waals surface area contributed by atoms with Crippen molar-refractivity contribution >= 4 is 48.8 Å². The Bertz CT molecular complexity index is 1250. The molecule has 6 nitrogen and oxygen atoms in total. The number of nitrogens with zero attached hydrogens (tertiary/aromatic N) is 3. The summed E-state index contributed by atoms with van der Waals surface area (Å²) in [5.74, 6) is 2.16. The van der Waals surface area contributed by atoms with Crippen molar-refractivity contribution in [3.05, 3.63) is 46.6 Å². The molecule has 1 amide bonds. The van der Waals surface area contributed by atoms with Crippen LogP contribution in [0.15, 0.2) is 51.0 Å². The molecule has 1 fully saturated rings. The molecule has 0 saturated carbocycles. The number of piperidine rings is 1. The Labute approximate surface area is 177 Å². The molecule has 4 rings (SSSR count). The van der Waals surface area contributed by atoms with Crippen molar-refractivity contribution in [3.63, 3.8) is 0 Å². The van der Waals surface area contributed by atoms with Crippen molar-refractivity contribution < 1.29 is 13.2 Å². The summed E-state index contributed by atoms with van der Waals surface area (Å²) >= 11 is 2.53. The average Bonchev–Trinajstić information content (AvgIpc) is 3.38. The molecule has 3 heterocycles. The van der Waals surface area contributed by atoms with Gasteiger partial charge in [0.15, 0.2) is 4.80 Å². The second-order valence-corrected chi connectivity index (χ2v) is 10.7. The van der Waals surface area contributed by atoms with E-state index in [2.05, 4.69) is 10.9 Å². The first-order chi connectivity index (χ1) is 14.0. The summed E-state index contributed by atoms with van der Waals surface area (Å²) in [6.07, 6.45) is 7.49. The predicted octanol–water partition coefficient (Wildman–Crippen LogP) is 3.07. The van der Waals surface area contributed by atoms with E-state index in [4.69, 9.17) is 6.42 Å². The van der Waals surface area contributed by atoms with Gasteiger partial charge in [0.25, 0.3) is 15.9 Å². The minimum atomic E-state index is -3.71. The molecule has 0 bridgehead atoms. The van der Waals surface area contributed by atoms with Crippen LogP contribution in [-0.2, 0) is 21.4 Å². The van der Waals surface area contributed by atoms with Gasteiger partial charge in [0.05, 0.1) is 16.8 Å². The number of terminal acetylenes is 1. The molecule has 1 aliphatic heterocycles. The number of thiazole rings is 1. The molecule has 1 aliphatic rings. The number of aromatic nitrogens is 1. The van der Waals surface area contributed by atoms with Gasteiger partial charge in [-0.25, -0.2) is 8.42 Å². The van der Waals surface area contributed by atoms with Crippen LogP contribution in [0.25, 0.3) is 10.2 Å². The second kappa shape index (κ2) is 8.24. The first-order valence-corrected chi connectivity index (χ1v) is 12.3. The highest BCUT2D eigenvalue weighted by atomic mass is 32.2. The third-order valence-corrected chi connectivity index (χ3v) is 9.18. The Hall–Kier alpha value is -2.25. The summed E-state index contributed by atoms with van der Waals surface area (Å²) in [6, 6.07) is 10.2. The van der Waals surface area contributed by atoms with Gasteiger partial charge in [-0.05, 0) is 36.4 Å². The standard InChI is InChI=1S/C20H19N3O3S3/c1-2-12-22-15-8-3-4-10-17(15)28-20(22)21-19(24)16-9-5-6-13-23(16)29(25,26)18-11-7-14-27-18/h1,3-4,7-8,10-11,14,16H,5-6,9,12-13H2. The van der Waals surface area contributed by atoms with Gasteiger partial charge in [-0.2, -0.15) is 9.30 Å². The number of benzene rings is 1. The summed E-state index contributed by atoms with van der Waals surface area (Å²) in [5.41, 5.74) is 0.911. The van der Waals surface area contributed by atoms with Crippen LogP contribution < -0.4 is 4.80 Å². The molecule has 0 aliphatic carbocycles. The number of amides is 1. The van der Waals surface area contributed by atoms with E-state index in [1.807, 2.05) is 28.8 Å². The third-order valence-electron chi connectivity index (χ3n) is 4.84. The van der Waals surface area contributed by atoms with E-state index in [0.717, 1.165) is 34.4 Å². The van der Waals surface area contributed by atoms with E-state index in [9.17, 15) is 13.2 Å². The fourth-order valence-corrected chi connectivity index (χ4v) is 7.29. The number of thiophene rings is 1. The van der Waals surface area contributed by atoms with Crippen molar-refractivity contribution in [2.45, 2.75) is 36.1 Å². The number of rotatable bonds is 4.